The van der Waals surface area contributed by atoms with Gasteiger partial charge in [0, 0.05) is 12.7 Å². The Balaban J connectivity index is 2.95. The molecule has 0 saturated carbocycles. The monoisotopic (exact) mass is 320 g/mol. The van der Waals surface area contributed by atoms with Crippen LogP contribution >= 0.6 is 0 Å². The van der Waals surface area contributed by atoms with E-state index >= 15 is 0 Å². The number of esters is 1. The molecule has 0 spiro atoms. The molecule has 0 aliphatic heterocycles. The molecule has 0 aliphatic rings. The van der Waals surface area contributed by atoms with E-state index in [0.717, 1.165) is 18.1 Å². The van der Waals surface area contributed by atoms with Crippen molar-refractivity contribution in [2.75, 3.05) is 20.2 Å². The molecular weight excluding hydrogens is 305 g/mol. The van der Waals surface area contributed by atoms with Gasteiger partial charge in [-0.15, -0.1) is 0 Å². The molecule has 0 radical (unpaired) electrons. The molecule has 0 aliphatic carbocycles. The molecule has 1 aromatic rings. The summed E-state index contributed by atoms with van der Waals surface area (Å²) in [5.41, 5.74) is -0.160. The number of rotatable bonds is 5. The van der Waals surface area contributed by atoms with Crippen LogP contribution in [0.15, 0.2) is 18.3 Å². The van der Waals surface area contributed by atoms with Crippen LogP contribution in [0.25, 0.3) is 0 Å². The third-order valence-corrected chi connectivity index (χ3v) is 2.84. The maximum absolute atomic E-state index is 12.4. The van der Waals surface area contributed by atoms with Crippen molar-refractivity contribution in [3.63, 3.8) is 0 Å². The third-order valence-electron chi connectivity index (χ3n) is 2.84. The highest BCUT2D eigenvalue weighted by Crippen LogP contribution is 2.21. The Kier molecular flexibility index (Phi) is 5.86. The van der Waals surface area contributed by atoms with Crippen LogP contribution in [0.1, 0.15) is 27.8 Å². The highest BCUT2D eigenvalue weighted by Gasteiger charge is 2.40. The summed E-state index contributed by atoms with van der Waals surface area (Å²) in [4.78, 5) is 28.0. The molecule has 9 heteroatoms. The van der Waals surface area contributed by atoms with Crippen LogP contribution in [0, 0.1) is 0 Å². The van der Waals surface area contributed by atoms with Crippen molar-refractivity contribution in [1.29, 1.82) is 0 Å². The van der Waals surface area contributed by atoms with Crippen molar-refractivity contribution < 1.29 is 32.6 Å². The van der Waals surface area contributed by atoms with Crippen molar-refractivity contribution in [3.05, 3.63) is 29.6 Å². The van der Waals surface area contributed by atoms with Crippen LogP contribution in [0.5, 0.6) is 0 Å². The van der Waals surface area contributed by atoms with Gasteiger partial charge in [-0.25, -0.2) is 4.79 Å². The van der Waals surface area contributed by atoms with Gasteiger partial charge in [0.2, 0.25) is 0 Å². The molecule has 1 amide bonds. The third kappa shape index (κ3) is 4.42. The second-order valence-corrected chi connectivity index (χ2v) is 4.32. The summed E-state index contributed by atoms with van der Waals surface area (Å²) in [5, 5.41) is 9.05. The summed E-state index contributed by atoms with van der Waals surface area (Å²) < 4.78 is 41.6. The van der Waals surface area contributed by atoms with Gasteiger partial charge in [-0.05, 0) is 19.1 Å². The number of carbonyl (C=O) groups excluding carboxylic acids is 2. The number of aliphatic hydroxyl groups is 1. The number of alkyl halides is 3. The molecular formula is C13H15F3N2O4. The van der Waals surface area contributed by atoms with Crippen LogP contribution in [-0.2, 0) is 4.74 Å². The van der Waals surface area contributed by atoms with Crippen LogP contribution in [-0.4, -0.2) is 59.3 Å². The van der Waals surface area contributed by atoms with Gasteiger partial charge in [-0.1, -0.05) is 0 Å². The molecule has 1 atom stereocenters. The van der Waals surface area contributed by atoms with E-state index < -0.39 is 30.7 Å². The fourth-order valence-corrected chi connectivity index (χ4v) is 1.62. The SMILES string of the molecule is CCN(C[C@@H](O)C(F)(F)F)C(=O)c1cc(C(=O)OC)ccn1. The Morgan fingerprint density at radius 3 is 2.59 bits per heavy atom. The Hall–Kier alpha value is -2.16. The Bertz CT molecular complexity index is 548. The number of aromatic nitrogens is 1. The lowest BCUT2D eigenvalue weighted by Gasteiger charge is -2.24. The van der Waals surface area contributed by atoms with Gasteiger partial charge < -0.3 is 14.7 Å². The molecule has 0 unspecified atom stereocenters. The zero-order chi connectivity index (χ0) is 16.9. The number of likely N-dealkylation sites (N-methyl/N-ethyl adjacent to an activating group) is 1. The number of hydrogen-bond donors (Lipinski definition) is 1. The number of amides is 1. The summed E-state index contributed by atoms with van der Waals surface area (Å²) >= 11 is 0. The molecule has 1 heterocycles. The van der Waals surface area contributed by atoms with Crippen molar-refractivity contribution in [3.8, 4) is 0 Å². The molecule has 0 aromatic carbocycles. The number of methoxy groups -OCH3 is 1. The van der Waals surface area contributed by atoms with Gasteiger partial charge in [0.15, 0.2) is 6.10 Å². The number of hydrogen-bond acceptors (Lipinski definition) is 5. The summed E-state index contributed by atoms with van der Waals surface area (Å²) in [7, 11) is 1.16. The number of carbonyl (C=O) groups is 2. The molecule has 1 aromatic heterocycles. The van der Waals surface area contributed by atoms with Crippen LogP contribution in [0.3, 0.4) is 0 Å². The topological polar surface area (TPSA) is 79.7 Å². The van der Waals surface area contributed by atoms with Gasteiger partial charge in [-0.3, -0.25) is 9.78 Å². The first-order chi connectivity index (χ1) is 10.2. The second kappa shape index (κ2) is 7.21. The smallest absolute Gasteiger partial charge is 0.416 e. The first-order valence-corrected chi connectivity index (χ1v) is 6.29. The average Bonchev–Trinajstić information content (AvgIpc) is 2.49. The minimum Gasteiger partial charge on any atom is -0.465 e. The largest absolute Gasteiger partial charge is 0.465 e. The van der Waals surface area contributed by atoms with E-state index in [0.29, 0.717) is 0 Å². The average molecular weight is 320 g/mol. The van der Waals surface area contributed by atoms with Crippen molar-refractivity contribution >= 4 is 11.9 Å². The van der Waals surface area contributed by atoms with Gasteiger partial charge >= 0.3 is 12.1 Å². The van der Waals surface area contributed by atoms with Crippen LogP contribution in [0.4, 0.5) is 13.2 Å². The minimum absolute atomic E-state index is 0.0493. The quantitative estimate of drug-likeness (QED) is 0.826. The highest BCUT2D eigenvalue weighted by molar-refractivity contribution is 5.96. The maximum atomic E-state index is 12.4. The molecule has 1 rings (SSSR count). The zero-order valence-corrected chi connectivity index (χ0v) is 11.9. The van der Waals surface area contributed by atoms with Crippen molar-refractivity contribution in [1.82, 2.24) is 9.88 Å². The molecule has 22 heavy (non-hydrogen) atoms. The summed E-state index contributed by atoms with van der Waals surface area (Å²) in [5.74, 6) is -1.52. The first kappa shape index (κ1) is 17.9. The summed E-state index contributed by atoms with van der Waals surface area (Å²) in [6.45, 7) is 0.490. The lowest BCUT2D eigenvalue weighted by atomic mass is 10.2. The van der Waals surface area contributed by atoms with Crippen molar-refractivity contribution in [2.24, 2.45) is 0 Å². The van der Waals surface area contributed by atoms with E-state index in [9.17, 15) is 22.8 Å². The molecule has 0 fully saturated rings. The molecule has 0 saturated heterocycles. The van der Waals surface area contributed by atoms with E-state index in [1.807, 2.05) is 0 Å². The number of halogens is 3. The zero-order valence-electron chi connectivity index (χ0n) is 11.9. The van der Waals surface area contributed by atoms with Gasteiger partial charge in [0.05, 0.1) is 19.2 Å². The lowest BCUT2D eigenvalue weighted by Crippen LogP contribution is -2.43. The predicted octanol–water partition coefficient (Wildman–Crippen LogP) is 1.25. The number of aliphatic hydroxyl groups excluding tert-OH is 1. The fraction of sp³-hybridized carbons (Fsp3) is 0.462. The number of ether oxygens (including phenoxy) is 1. The van der Waals surface area contributed by atoms with Gasteiger partial charge in [-0.2, -0.15) is 13.2 Å². The molecule has 1 N–H and O–H groups in total. The fourth-order valence-electron chi connectivity index (χ4n) is 1.62. The van der Waals surface area contributed by atoms with E-state index in [-0.39, 0.29) is 17.8 Å². The standard InChI is InChI=1S/C13H15F3N2O4/c1-3-18(7-10(19)13(14,15)16)11(20)9-6-8(4-5-17-9)12(21)22-2/h4-6,10,19H,3,7H2,1-2H3/t10-/m1/s1. The lowest BCUT2D eigenvalue weighted by molar-refractivity contribution is -0.206. The minimum atomic E-state index is -4.82. The van der Waals surface area contributed by atoms with Crippen LogP contribution < -0.4 is 0 Å². The summed E-state index contributed by atoms with van der Waals surface area (Å²) in [6.07, 6.45) is -6.30. The van der Waals surface area contributed by atoms with E-state index in [2.05, 4.69) is 9.72 Å². The van der Waals surface area contributed by atoms with Gasteiger partial charge in [0.1, 0.15) is 5.69 Å². The Labute approximate surface area is 124 Å². The normalized spacial score (nSPS) is 12.6. The molecule has 122 valence electrons. The first-order valence-electron chi connectivity index (χ1n) is 6.29. The number of nitrogens with zero attached hydrogens (tertiary/aromatic N) is 2. The maximum Gasteiger partial charge on any atom is 0.416 e. The van der Waals surface area contributed by atoms with Crippen LogP contribution in [0.2, 0.25) is 0 Å². The van der Waals surface area contributed by atoms with E-state index in [4.69, 9.17) is 5.11 Å². The van der Waals surface area contributed by atoms with E-state index in [1.165, 1.54) is 19.2 Å². The summed E-state index contributed by atoms with van der Waals surface area (Å²) in [6, 6.07) is 2.43. The predicted molar refractivity (Wildman–Crippen MR) is 69.2 cm³/mol. The van der Waals surface area contributed by atoms with Crippen molar-refractivity contribution in [2.45, 2.75) is 19.2 Å². The molecule has 6 nitrogen and oxygen atoms in total. The van der Waals surface area contributed by atoms with Gasteiger partial charge in [0.25, 0.3) is 5.91 Å². The highest BCUT2D eigenvalue weighted by atomic mass is 19.4. The second-order valence-electron chi connectivity index (χ2n) is 4.32. The number of pyridine rings is 1. The van der Waals surface area contributed by atoms with E-state index in [1.54, 1.807) is 0 Å². The Morgan fingerprint density at radius 2 is 2.09 bits per heavy atom. The molecule has 0 bridgehead atoms. The Morgan fingerprint density at radius 1 is 1.45 bits per heavy atom.